The number of nitrogens with zero attached hydrogens (tertiary/aromatic N) is 3. The molecule has 0 atom stereocenters. The van der Waals surface area contributed by atoms with Gasteiger partial charge in [-0.3, -0.25) is 10.1 Å². The van der Waals surface area contributed by atoms with Gasteiger partial charge in [-0.1, -0.05) is 12.1 Å². The van der Waals surface area contributed by atoms with Gasteiger partial charge in [0.1, 0.15) is 11.9 Å². The molecule has 0 aliphatic rings. The standard InChI is InChI=1S/C13H14N4O4/c1-14-13-15-8-11(17(19)20)12(16-13)21-10-4-2-9(3-5-10)6-7-18/h2-5,8,18H,6-7H2,1H3,(H,14,15,16). The van der Waals surface area contributed by atoms with E-state index in [1.807, 2.05) is 0 Å². The largest absolute Gasteiger partial charge is 0.434 e. The number of nitrogens with one attached hydrogen (secondary N) is 1. The lowest BCUT2D eigenvalue weighted by Gasteiger charge is -2.07. The van der Waals surface area contributed by atoms with Gasteiger partial charge in [-0.05, 0) is 24.1 Å². The number of aliphatic hydroxyl groups is 1. The van der Waals surface area contributed by atoms with E-state index in [1.165, 1.54) is 0 Å². The molecule has 0 saturated carbocycles. The summed E-state index contributed by atoms with van der Waals surface area (Å²) in [4.78, 5) is 18.1. The molecule has 8 heteroatoms. The molecule has 0 radical (unpaired) electrons. The van der Waals surface area contributed by atoms with Crippen molar-refractivity contribution in [2.45, 2.75) is 6.42 Å². The van der Waals surface area contributed by atoms with Gasteiger partial charge in [0.2, 0.25) is 5.95 Å². The summed E-state index contributed by atoms with van der Waals surface area (Å²) < 4.78 is 5.45. The second kappa shape index (κ2) is 6.62. The molecule has 0 aliphatic carbocycles. The van der Waals surface area contributed by atoms with E-state index in [1.54, 1.807) is 31.3 Å². The quantitative estimate of drug-likeness (QED) is 0.616. The molecule has 2 N–H and O–H groups in total. The molecule has 0 saturated heterocycles. The topological polar surface area (TPSA) is 110 Å². The maximum Gasteiger partial charge on any atom is 0.349 e. The zero-order chi connectivity index (χ0) is 15.2. The van der Waals surface area contributed by atoms with Crippen molar-refractivity contribution in [3.63, 3.8) is 0 Å². The third-order valence-corrected chi connectivity index (χ3v) is 2.69. The lowest BCUT2D eigenvalue weighted by Crippen LogP contribution is -2.02. The lowest BCUT2D eigenvalue weighted by atomic mass is 10.1. The molecule has 21 heavy (non-hydrogen) atoms. The number of aliphatic hydroxyl groups excluding tert-OH is 1. The summed E-state index contributed by atoms with van der Waals surface area (Å²) in [7, 11) is 1.61. The number of hydrogen-bond acceptors (Lipinski definition) is 7. The molecule has 2 rings (SSSR count). The molecule has 0 fully saturated rings. The molecule has 0 spiro atoms. The summed E-state index contributed by atoms with van der Waals surface area (Å²) >= 11 is 0. The van der Waals surface area contributed by atoms with Crippen LogP contribution in [0.25, 0.3) is 0 Å². The fourth-order valence-corrected chi connectivity index (χ4v) is 1.65. The summed E-state index contributed by atoms with van der Waals surface area (Å²) in [6, 6.07) is 6.88. The summed E-state index contributed by atoms with van der Waals surface area (Å²) in [5.41, 5.74) is 0.631. The Kier molecular flexibility index (Phi) is 4.62. The number of hydrogen-bond donors (Lipinski definition) is 2. The van der Waals surface area contributed by atoms with Crippen LogP contribution in [0.4, 0.5) is 11.6 Å². The minimum atomic E-state index is -0.602. The van der Waals surface area contributed by atoms with E-state index in [2.05, 4.69) is 15.3 Å². The van der Waals surface area contributed by atoms with Crippen LogP contribution in [0.2, 0.25) is 0 Å². The van der Waals surface area contributed by atoms with Gasteiger partial charge in [0.25, 0.3) is 0 Å². The first-order valence-corrected chi connectivity index (χ1v) is 6.21. The summed E-state index contributed by atoms with van der Waals surface area (Å²) in [5.74, 6) is 0.516. The van der Waals surface area contributed by atoms with Crippen molar-refractivity contribution in [1.82, 2.24) is 9.97 Å². The SMILES string of the molecule is CNc1ncc([N+](=O)[O-])c(Oc2ccc(CCO)cc2)n1. The summed E-state index contributed by atoms with van der Waals surface area (Å²) in [6.45, 7) is 0.0586. The van der Waals surface area contributed by atoms with E-state index in [9.17, 15) is 10.1 Å². The first-order chi connectivity index (χ1) is 10.1. The molecule has 2 aromatic rings. The fourth-order valence-electron chi connectivity index (χ4n) is 1.65. The molecule has 1 aromatic heterocycles. The normalized spacial score (nSPS) is 10.2. The van der Waals surface area contributed by atoms with Gasteiger partial charge >= 0.3 is 11.6 Å². The average Bonchev–Trinajstić information content (AvgIpc) is 2.49. The van der Waals surface area contributed by atoms with E-state index < -0.39 is 4.92 Å². The Bertz CT molecular complexity index is 631. The van der Waals surface area contributed by atoms with Crippen LogP contribution in [0.3, 0.4) is 0 Å². The van der Waals surface area contributed by atoms with Crippen LogP contribution in [-0.4, -0.2) is 33.7 Å². The van der Waals surface area contributed by atoms with E-state index in [0.717, 1.165) is 11.8 Å². The van der Waals surface area contributed by atoms with Crippen LogP contribution < -0.4 is 10.1 Å². The highest BCUT2D eigenvalue weighted by molar-refractivity contribution is 5.45. The maximum atomic E-state index is 10.9. The van der Waals surface area contributed by atoms with Crippen LogP contribution in [0.5, 0.6) is 11.6 Å². The molecule has 8 nitrogen and oxygen atoms in total. The second-order valence-corrected chi connectivity index (χ2v) is 4.11. The zero-order valence-corrected chi connectivity index (χ0v) is 11.3. The second-order valence-electron chi connectivity index (χ2n) is 4.11. The van der Waals surface area contributed by atoms with E-state index in [0.29, 0.717) is 12.2 Å². The van der Waals surface area contributed by atoms with Gasteiger partial charge in [0, 0.05) is 13.7 Å². The Balaban J connectivity index is 2.26. The van der Waals surface area contributed by atoms with Crippen molar-refractivity contribution in [2.75, 3.05) is 19.0 Å². The monoisotopic (exact) mass is 290 g/mol. The molecule has 1 aromatic carbocycles. The number of benzene rings is 1. The highest BCUT2D eigenvalue weighted by Crippen LogP contribution is 2.29. The number of anilines is 1. The van der Waals surface area contributed by atoms with Gasteiger partial charge < -0.3 is 15.2 Å². The van der Waals surface area contributed by atoms with Gasteiger partial charge in [-0.2, -0.15) is 4.98 Å². The molecule has 0 bridgehead atoms. The Morgan fingerprint density at radius 2 is 2.10 bits per heavy atom. The molecule has 1 heterocycles. The molecular formula is C13H14N4O4. The van der Waals surface area contributed by atoms with Gasteiger partial charge in [0.15, 0.2) is 0 Å². The van der Waals surface area contributed by atoms with E-state index >= 15 is 0 Å². The zero-order valence-electron chi connectivity index (χ0n) is 11.3. The van der Waals surface area contributed by atoms with E-state index in [-0.39, 0.29) is 24.1 Å². The van der Waals surface area contributed by atoms with Crippen LogP contribution in [0.1, 0.15) is 5.56 Å². The first-order valence-electron chi connectivity index (χ1n) is 6.21. The van der Waals surface area contributed by atoms with Crippen LogP contribution in [0.15, 0.2) is 30.5 Å². The minimum absolute atomic E-state index is 0.0586. The van der Waals surface area contributed by atoms with Crippen molar-refractivity contribution in [3.05, 3.63) is 46.1 Å². The third kappa shape index (κ3) is 3.63. The highest BCUT2D eigenvalue weighted by Gasteiger charge is 2.19. The Morgan fingerprint density at radius 3 is 2.67 bits per heavy atom. The van der Waals surface area contributed by atoms with Gasteiger partial charge in [-0.15, -0.1) is 0 Å². The average molecular weight is 290 g/mol. The summed E-state index contributed by atoms with van der Waals surface area (Å²) in [6.07, 6.45) is 1.63. The highest BCUT2D eigenvalue weighted by atomic mass is 16.6. The Labute approximate surface area is 120 Å². The van der Waals surface area contributed by atoms with Gasteiger partial charge in [0.05, 0.1) is 4.92 Å². The smallest absolute Gasteiger partial charge is 0.349 e. The van der Waals surface area contributed by atoms with Crippen molar-refractivity contribution in [3.8, 4) is 11.6 Å². The first kappa shape index (κ1) is 14.7. The number of aromatic nitrogens is 2. The Morgan fingerprint density at radius 1 is 1.38 bits per heavy atom. The van der Waals surface area contributed by atoms with Crippen LogP contribution in [-0.2, 0) is 6.42 Å². The third-order valence-electron chi connectivity index (χ3n) is 2.69. The number of nitro groups is 1. The van der Waals surface area contributed by atoms with Gasteiger partial charge in [-0.25, -0.2) is 4.98 Å². The van der Waals surface area contributed by atoms with Crippen LogP contribution >= 0.6 is 0 Å². The predicted molar refractivity (Wildman–Crippen MR) is 75.5 cm³/mol. The maximum absolute atomic E-state index is 10.9. The molecule has 0 unspecified atom stereocenters. The lowest BCUT2D eigenvalue weighted by molar-refractivity contribution is -0.386. The molecular weight excluding hydrogens is 276 g/mol. The van der Waals surface area contributed by atoms with Crippen molar-refractivity contribution >= 4 is 11.6 Å². The fraction of sp³-hybridized carbons (Fsp3) is 0.231. The van der Waals surface area contributed by atoms with Crippen molar-refractivity contribution in [2.24, 2.45) is 0 Å². The van der Waals surface area contributed by atoms with Crippen molar-refractivity contribution < 1.29 is 14.8 Å². The van der Waals surface area contributed by atoms with E-state index in [4.69, 9.17) is 9.84 Å². The molecule has 0 amide bonds. The van der Waals surface area contributed by atoms with Crippen molar-refractivity contribution in [1.29, 1.82) is 0 Å². The Hall–Kier alpha value is -2.74. The molecule has 110 valence electrons. The number of rotatable bonds is 6. The molecule has 0 aliphatic heterocycles. The predicted octanol–water partition coefficient (Wildman–Crippen LogP) is 1.75. The number of ether oxygens (including phenoxy) is 1. The summed E-state index contributed by atoms with van der Waals surface area (Å²) in [5, 5.41) is 22.5. The minimum Gasteiger partial charge on any atom is -0.434 e. The van der Waals surface area contributed by atoms with Crippen LogP contribution in [0, 0.1) is 10.1 Å².